The summed E-state index contributed by atoms with van der Waals surface area (Å²) in [5.41, 5.74) is 1.86. The SMILES string of the molecule is CNc1nc(Nc2cc(-n3cnnn3)c(C3CC3)cc2F)ncc1Cl. The predicted molar refractivity (Wildman–Crippen MR) is 91.0 cm³/mol. The number of aromatic nitrogens is 6. The van der Waals surface area contributed by atoms with Crippen molar-refractivity contribution in [2.45, 2.75) is 18.8 Å². The molecule has 2 aromatic heterocycles. The van der Waals surface area contributed by atoms with Gasteiger partial charge in [-0.2, -0.15) is 4.98 Å². The fourth-order valence-corrected chi connectivity index (χ4v) is 2.77. The molecule has 1 aliphatic rings. The van der Waals surface area contributed by atoms with Gasteiger partial charge >= 0.3 is 0 Å². The number of hydrogen-bond acceptors (Lipinski definition) is 7. The lowest BCUT2D eigenvalue weighted by atomic mass is 10.1. The smallest absolute Gasteiger partial charge is 0.229 e. The number of hydrogen-bond donors (Lipinski definition) is 2. The summed E-state index contributed by atoms with van der Waals surface area (Å²) in [4.78, 5) is 8.29. The Kier molecular flexibility index (Phi) is 3.92. The van der Waals surface area contributed by atoms with Crippen LogP contribution in [-0.2, 0) is 0 Å². The summed E-state index contributed by atoms with van der Waals surface area (Å²) < 4.78 is 16.1. The zero-order chi connectivity index (χ0) is 17.4. The Labute approximate surface area is 147 Å². The van der Waals surface area contributed by atoms with Crippen LogP contribution in [0.1, 0.15) is 24.3 Å². The molecule has 1 fully saturated rings. The Morgan fingerprint density at radius 3 is 2.84 bits per heavy atom. The molecule has 8 nitrogen and oxygen atoms in total. The van der Waals surface area contributed by atoms with E-state index in [1.54, 1.807) is 13.1 Å². The van der Waals surface area contributed by atoms with Gasteiger partial charge in [0.05, 0.1) is 17.6 Å². The van der Waals surface area contributed by atoms with E-state index < -0.39 is 0 Å². The molecule has 1 saturated carbocycles. The second-order valence-corrected chi connectivity index (χ2v) is 6.09. The molecule has 0 saturated heterocycles. The zero-order valence-corrected chi connectivity index (χ0v) is 14.0. The Bertz CT molecular complexity index is 910. The first-order valence-corrected chi connectivity index (χ1v) is 8.07. The molecule has 0 aliphatic heterocycles. The van der Waals surface area contributed by atoms with E-state index in [0.717, 1.165) is 24.1 Å². The van der Waals surface area contributed by atoms with Gasteiger partial charge in [-0.1, -0.05) is 11.6 Å². The van der Waals surface area contributed by atoms with Gasteiger partial charge in [0.25, 0.3) is 0 Å². The second-order valence-electron chi connectivity index (χ2n) is 5.68. The molecule has 10 heteroatoms. The summed E-state index contributed by atoms with van der Waals surface area (Å²) in [5, 5.41) is 17.4. The van der Waals surface area contributed by atoms with E-state index in [0.29, 0.717) is 16.8 Å². The average Bonchev–Trinajstić information content (AvgIpc) is 3.32. The van der Waals surface area contributed by atoms with E-state index >= 15 is 0 Å². The van der Waals surface area contributed by atoms with Gasteiger partial charge in [-0.25, -0.2) is 14.1 Å². The molecule has 0 spiro atoms. The third kappa shape index (κ3) is 3.10. The van der Waals surface area contributed by atoms with E-state index in [1.165, 1.54) is 23.3 Å². The molecule has 0 unspecified atom stereocenters. The first kappa shape index (κ1) is 15.7. The van der Waals surface area contributed by atoms with Gasteiger partial charge in [0, 0.05) is 7.05 Å². The van der Waals surface area contributed by atoms with Crippen LogP contribution in [0.25, 0.3) is 5.69 Å². The van der Waals surface area contributed by atoms with Crippen LogP contribution in [0.15, 0.2) is 24.7 Å². The van der Waals surface area contributed by atoms with E-state index in [4.69, 9.17) is 11.6 Å². The zero-order valence-electron chi connectivity index (χ0n) is 13.2. The minimum Gasteiger partial charge on any atom is -0.372 e. The van der Waals surface area contributed by atoms with Crippen LogP contribution >= 0.6 is 11.6 Å². The fourth-order valence-electron chi connectivity index (χ4n) is 2.59. The Balaban J connectivity index is 1.73. The van der Waals surface area contributed by atoms with Crippen molar-refractivity contribution in [3.63, 3.8) is 0 Å². The van der Waals surface area contributed by atoms with Gasteiger partial charge in [-0.3, -0.25) is 0 Å². The fraction of sp³-hybridized carbons (Fsp3) is 0.267. The molecule has 0 radical (unpaired) electrons. The van der Waals surface area contributed by atoms with E-state index in [9.17, 15) is 4.39 Å². The molecule has 3 aromatic rings. The van der Waals surface area contributed by atoms with E-state index in [2.05, 4.69) is 36.1 Å². The summed E-state index contributed by atoms with van der Waals surface area (Å²) in [7, 11) is 1.69. The maximum Gasteiger partial charge on any atom is 0.229 e. The summed E-state index contributed by atoms with van der Waals surface area (Å²) in [6.07, 6.45) is 5.00. The van der Waals surface area contributed by atoms with Crippen molar-refractivity contribution < 1.29 is 4.39 Å². The monoisotopic (exact) mass is 360 g/mol. The summed E-state index contributed by atoms with van der Waals surface area (Å²) in [6.45, 7) is 0. The highest BCUT2D eigenvalue weighted by Crippen LogP contribution is 2.44. The van der Waals surface area contributed by atoms with Gasteiger partial charge in [0.1, 0.15) is 23.0 Å². The number of rotatable bonds is 5. The maximum absolute atomic E-state index is 14.6. The van der Waals surface area contributed by atoms with Gasteiger partial charge in [0.2, 0.25) is 5.95 Å². The molecule has 1 aliphatic carbocycles. The highest BCUT2D eigenvalue weighted by molar-refractivity contribution is 6.32. The van der Waals surface area contributed by atoms with Crippen molar-refractivity contribution in [3.05, 3.63) is 41.1 Å². The van der Waals surface area contributed by atoms with E-state index in [-0.39, 0.29) is 17.5 Å². The number of nitrogens with zero attached hydrogens (tertiary/aromatic N) is 6. The summed E-state index contributed by atoms with van der Waals surface area (Å²) in [6, 6.07) is 3.18. The molecule has 1 aromatic carbocycles. The second kappa shape index (κ2) is 6.25. The van der Waals surface area contributed by atoms with Crippen molar-refractivity contribution >= 4 is 29.1 Å². The Morgan fingerprint density at radius 2 is 2.16 bits per heavy atom. The van der Waals surface area contributed by atoms with Crippen molar-refractivity contribution in [2.24, 2.45) is 0 Å². The normalized spacial score (nSPS) is 13.7. The Hall–Kier alpha value is -2.81. The Morgan fingerprint density at radius 1 is 1.32 bits per heavy atom. The number of nitrogens with one attached hydrogen (secondary N) is 2. The van der Waals surface area contributed by atoms with Crippen molar-refractivity contribution in [3.8, 4) is 5.69 Å². The third-order valence-electron chi connectivity index (χ3n) is 3.96. The summed E-state index contributed by atoms with van der Waals surface area (Å²) in [5.74, 6) is 0.637. The minimum absolute atomic E-state index is 0.231. The van der Waals surface area contributed by atoms with Crippen molar-refractivity contribution in [1.82, 2.24) is 30.2 Å². The lowest BCUT2D eigenvalue weighted by Crippen LogP contribution is -2.06. The van der Waals surface area contributed by atoms with Gasteiger partial charge < -0.3 is 10.6 Å². The maximum atomic E-state index is 14.6. The molecule has 0 atom stereocenters. The molecule has 25 heavy (non-hydrogen) atoms. The number of tetrazole rings is 1. The van der Waals surface area contributed by atoms with Crippen molar-refractivity contribution in [2.75, 3.05) is 17.7 Å². The van der Waals surface area contributed by atoms with Crippen LogP contribution in [0.4, 0.5) is 21.8 Å². The highest BCUT2D eigenvalue weighted by atomic mass is 35.5. The van der Waals surface area contributed by atoms with Crippen LogP contribution < -0.4 is 10.6 Å². The molecule has 0 bridgehead atoms. The van der Waals surface area contributed by atoms with Crippen LogP contribution in [0, 0.1) is 5.82 Å². The predicted octanol–water partition coefficient (Wildman–Crippen LogP) is 2.91. The first-order valence-electron chi connectivity index (χ1n) is 7.70. The first-order chi connectivity index (χ1) is 12.2. The van der Waals surface area contributed by atoms with Gasteiger partial charge in [-0.15, -0.1) is 5.10 Å². The van der Waals surface area contributed by atoms with Gasteiger partial charge in [0.15, 0.2) is 0 Å². The van der Waals surface area contributed by atoms with Crippen LogP contribution in [0.3, 0.4) is 0 Å². The lowest BCUT2D eigenvalue weighted by Gasteiger charge is -2.13. The number of anilines is 3. The van der Waals surface area contributed by atoms with Crippen LogP contribution in [-0.4, -0.2) is 37.2 Å². The summed E-state index contributed by atoms with van der Waals surface area (Å²) >= 11 is 5.97. The standard InChI is InChI=1S/C15H14ClFN8/c1-18-14-10(16)6-19-15(22-14)21-12-5-13(25-7-20-23-24-25)9(4-11(12)17)8-2-3-8/h4-8H,2-3H2,1H3,(H2,18,19,21,22). The van der Waals surface area contributed by atoms with Crippen LogP contribution in [0.2, 0.25) is 5.02 Å². The molecule has 4 rings (SSSR count). The van der Waals surface area contributed by atoms with Crippen LogP contribution in [0.5, 0.6) is 0 Å². The molecule has 0 amide bonds. The molecule has 2 heterocycles. The molecule has 2 N–H and O–H groups in total. The number of halogens is 2. The highest BCUT2D eigenvalue weighted by Gasteiger charge is 2.28. The average molecular weight is 361 g/mol. The molecule has 128 valence electrons. The van der Waals surface area contributed by atoms with E-state index in [1.807, 2.05) is 0 Å². The van der Waals surface area contributed by atoms with Gasteiger partial charge in [-0.05, 0) is 46.9 Å². The van der Waals surface area contributed by atoms with Crippen molar-refractivity contribution in [1.29, 1.82) is 0 Å². The minimum atomic E-state index is -0.386. The molecular formula is C15H14ClFN8. The third-order valence-corrected chi connectivity index (χ3v) is 4.23. The largest absolute Gasteiger partial charge is 0.372 e. The quantitative estimate of drug-likeness (QED) is 0.722. The topological polar surface area (TPSA) is 93.4 Å². The molecular weight excluding hydrogens is 347 g/mol. The number of benzene rings is 1. The lowest BCUT2D eigenvalue weighted by molar-refractivity contribution is 0.627.